The Hall–Kier alpha value is -2.39. The number of non-ortho nitro benzene ring substituents is 1. The van der Waals surface area contributed by atoms with Gasteiger partial charge in [-0.1, -0.05) is 5.16 Å². The van der Waals surface area contributed by atoms with Crippen LogP contribution in [0.25, 0.3) is 0 Å². The Morgan fingerprint density at radius 2 is 2.15 bits per heavy atom. The number of nitrogen functional groups attached to an aromatic ring is 1. The molecule has 0 aliphatic rings. The van der Waals surface area contributed by atoms with Gasteiger partial charge in [-0.3, -0.25) is 20.3 Å². The highest BCUT2D eigenvalue weighted by molar-refractivity contribution is 7.98. The first-order valence-corrected chi connectivity index (χ1v) is 6.42. The maximum Gasteiger partial charge on any atom is 0.287 e. The molecule has 9 heteroatoms. The minimum atomic E-state index is -0.527. The number of benzene rings is 1. The summed E-state index contributed by atoms with van der Waals surface area (Å²) < 4.78 is 4.98. The predicted octanol–water partition coefficient (Wildman–Crippen LogP) is 1.48. The molecule has 0 fully saturated rings. The average molecular weight is 294 g/mol. The molecule has 0 aliphatic heterocycles. The molecule has 2 aromatic rings. The van der Waals surface area contributed by atoms with E-state index in [0.717, 1.165) is 4.90 Å². The van der Waals surface area contributed by atoms with Crippen LogP contribution in [0.3, 0.4) is 0 Å². The first-order valence-electron chi connectivity index (χ1n) is 5.44. The molecule has 1 amide bonds. The van der Waals surface area contributed by atoms with Crippen molar-refractivity contribution in [3.8, 4) is 0 Å². The van der Waals surface area contributed by atoms with Gasteiger partial charge in [-0.05, 0) is 12.1 Å². The molecule has 0 atom stereocenters. The number of thioether (sulfide) groups is 1. The highest BCUT2D eigenvalue weighted by Gasteiger charge is 2.11. The number of nitrogens with two attached hydrogens (primary N) is 1. The van der Waals surface area contributed by atoms with Gasteiger partial charge >= 0.3 is 0 Å². The molecule has 104 valence electrons. The zero-order chi connectivity index (χ0) is 14.5. The molecule has 0 unspecified atom stereocenters. The molecular weight excluding hydrogens is 284 g/mol. The largest absolute Gasteiger partial charge is 0.360 e. The maximum atomic E-state index is 11.2. The van der Waals surface area contributed by atoms with Crippen LogP contribution < -0.4 is 11.3 Å². The van der Waals surface area contributed by atoms with E-state index < -0.39 is 10.8 Å². The molecule has 0 radical (unpaired) electrons. The molecule has 2 rings (SSSR count). The minimum Gasteiger partial charge on any atom is -0.360 e. The van der Waals surface area contributed by atoms with Gasteiger partial charge in [0.25, 0.3) is 11.6 Å². The summed E-state index contributed by atoms with van der Waals surface area (Å²) in [6.07, 6.45) is 0. The van der Waals surface area contributed by atoms with E-state index >= 15 is 0 Å². The molecule has 1 heterocycles. The van der Waals surface area contributed by atoms with Crippen LogP contribution in [0.1, 0.15) is 16.2 Å². The minimum absolute atomic E-state index is 0.0379. The smallest absolute Gasteiger partial charge is 0.287 e. The van der Waals surface area contributed by atoms with Crippen LogP contribution in [-0.2, 0) is 5.75 Å². The molecule has 0 saturated heterocycles. The monoisotopic (exact) mass is 294 g/mol. The Morgan fingerprint density at radius 3 is 2.75 bits per heavy atom. The number of nitrogens with zero attached hydrogens (tertiary/aromatic N) is 2. The average Bonchev–Trinajstić information content (AvgIpc) is 2.93. The second-order valence-corrected chi connectivity index (χ2v) is 4.74. The third-order valence-corrected chi connectivity index (χ3v) is 3.39. The van der Waals surface area contributed by atoms with E-state index in [1.165, 1.54) is 30.0 Å². The number of hydrazine groups is 1. The van der Waals surface area contributed by atoms with Gasteiger partial charge in [-0.25, -0.2) is 5.84 Å². The predicted molar refractivity (Wildman–Crippen MR) is 70.8 cm³/mol. The lowest BCUT2D eigenvalue weighted by Gasteiger charge is -1.98. The fourth-order valence-electron chi connectivity index (χ4n) is 1.38. The van der Waals surface area contributed by atoms with Gasteiger partial charge in [0.15, 0.2) is 5.69 Å². The van der Waals surface area contributed by atoms with Crippen molar-refractivity contribution in [3.63, 3.8) is 0 Å². The van der Waals surface area contributed by atoms with Crippen molar-refractivity contribution in [2.75, 3.05) is 0 Å². The van der Waals surface area contributed by atoms with Crippen LogP contribution in [0, 0.1) is 10.1 Å². The van der Waals surface area contributed by atoms with Crippen LogP contribution in [0.4, 0.5) is 5.69 Å². The fraction of sp³-hybridized carbons (Fsp3) is 0.0909. The quantitative estimate of drug-likeness (QED) is 0.281. The van der Waals surface area contributed by atoms with Gasteiger partial charge in [-0.15, -0.1) is 11.8 Å². The number of nitro groups is 1. The summed E-state index contributed by atoms with van der Waals surface area (Å²) in [5, 5.41) is 14.1. The second kappa shape index (κ2) is 6.17. The lowest BCUT2D eigenvalue weighted by atomic mass is 10.3. The molecule has 0 aliphatic carbocycles. The summed E-state index contributed by atoms with van der Waals surface area (Å²) in [7, 11) is 0. The SMILES string of the molecule is NNC(=O)c1cc(CSc2ccc([N+](=O)[O-])cc2)on1. The summed E-state index contributed by atoms with van der Waals surface area (Å²) in [4.78, 5) is 22.1. The van der Waals surface area contributed by atoms with E-state index in [0.29, 0.717) is 11.5 Å². The number of aromatic nitrogens is 1. The molecule has 1 aromatic heterocycles. The summed E-state index contributed by atoms with van der Waals surface area (Å²) in [6.45, 7) is 0. The molecule has 0 bridgehead atoms. The number of rotatable bonds is 5. The second-order valence-electron chi connectivity index (χ2n) is 3.69. The Bertz CT molecular complexity index is 626. The normalized spacial score (nSPS) is 10.2. The number of hydrogen-bond donors (Lipinski definition) is 2. The third-order valence-electron chi connectivity index (χ3n) is 2.35. The zero-order valence-electron chi connectivity index (χ0n) is 10.1. The van der Waals surface area contributed by atoms with E-state index in [2.05, 4.69) is 5.16 Å². The molecule has 0 spiro atoms. The molecule has 0 saturated carbocycles. The standard InChI is InChI=1S/C11H10N4O4S/c12-13-11(16)10-5-8(19-14-10)6-20-9-3-1-7(2-4-9)15(17)18/h1-5H,6,12H2,(H,13,16). The van der Waals surface area contributed by atoms with Crippen LogP contribution in [0.15, 0.2) is 39.8 Å². The van der Waals surface area contributed by atoms with Crippen LogP contribution in [0.2, 0.25) is 0 Å². The molecular formula is C11H10N4O4S. The Kier molecular flexibility index (Phi) is 4.33. The van der Waals surface area contributed by atoms with E-state index in [1.54, 1.807) is 12.1 Å². The molecule has 1 aromatic carbocycles. The Balaban J connectivity index is 1.96. The van der Waals surface area contributed by atoms with Gasteiger partial charge in [0.2, 0.25) is 0 Å². The number of carbonyl (C=O) groups is 1. The van der Waals surface area contributed by atoms with Crippen molar-refractivity contribution in [1.82, 2.24) is 10.6 Å². The maximum absolute atomic E-state index is 11.2. The summed E-state index contributed by atoms with van der Waals surface area (Å²) in [5.41, 5.74) is 2.09. The number of carbonyl (C=O) groups excluding carboxylic acids is 1. The fourth-order valence-corrected chi connectivity index (χ4v) is 2.15. The van der Waals surface area contributed by atoms with Crippen LogP contribution >= 0.6 is 11.8 Å². The number of amides is 1. The van der Waals surface area contributed by atoms with Gasteiger partial charge in [0, 0.05) is 23.1 Å². The van der Waals surface area contributed by atoms with E-state index in [4.69, 9.17) is 10.4 Å². The Morgan fingerprint density at radius 1 is 1.45 bits per heavy atom. The lowest BCUT2D eigenvalue weighted by Crippen LogP contribution is -2.30. The first kappa shape index (κ1) is 14.0. The molecule has 8 nitrogen and oxygen atoms in total. The summed E-state index contributed by atoms with van der Waals surface area (Å²) >= 11 is 1.41. The third kappa shape index (κ3) is 3.33. The van der Waals surface area contributed by atoms with Crippen molar-refractivity contribution in [1.29, 1.82) is 0 Å². The van der Waals surface area contributed by atoms with Crippen molar-refractivity contribution < 1.29 is 14.2 Å². The van der Waals surface area contributed by atoms with Gasteiger partial charge in [-0.2, -0.15) is 0 Å². The van der Waals surface area contributed by atoms with Crippen molar-refractivity contribution >= 4 is 23.4 Å². The van der Waals surface area contributed by atoms with Gasteiger partial charge in [0.05, 0.1) is 10.7 Å². The van der Waals surface area contributed by atoms with E-state index in [-0.39, 0.29) is 11.4 Å². The lowest BCUT2D eigenvalue weighted by molar-refractivity contribution is -0.384. The van der Waals surface area contributed by atoms with Crippen LogP contribution in [0.5, 0.6) is 0 Å². The van der Waals surface area contributed by atoms with Crippen molar-refractivity contribution in [2.24, 2.45) is 5.84 Å². The topological polar surface area (TPSA) is 124 Å². The number of hydrogen-bond acceptors (Lipinski definition) is 7. The van der Waals surface area contributed by atoms with Crippen LogP contribution in [-0.4, -0.2) is 16.0 Å². The summed E-state index contributed by atoms with van der Waals surface area (Å²) in [6, 6.07) is 7.63. The zero-order valence-corrected chi connectivity index (χ0v) is 10.9. The molecule has 20 heavy (non-hydrogen) atoms. The van der Waals surface area contributed by atoms with Crippen molar-refractivity contribution in [2.45, 2.75) is 10.6 Å². The van der Waals surface area contributed by atoms with Gasteiger partial charge in [0.1, 0.15) is 5.76 Å². The van der Waals surface area contributed by atoms with E-state index in [1.807, 2.05) is 5.43 Å². The number of nitro benzene ring substituents is 1. The van der Waals surface area contributed by atoms with Gasteiger partial charge < -0.3 is 4.52 Å². The Labute approximate surface area is 117 Å². The number of nitrogens with one attached hydrogen (secondary N) is 1. The summed E-state index contributed by atoms with van der Waals surface area (Å²) in [5.74, 6) is 5.40. The molecule has 3 N–H and O–H groups in total. The van der Waals surface area contributed by atoms with E-state index in [9.17, 15) is 14.9 Å². The highest BCUT2D eigenvalue weighted by atomic mass is 32.2. The van der Waals surface area contributed by atoms with Crippen molar-refractivity contribution in [3.05, 3.63) is 51.9 Å². The highest BCUT2D eigenvalue weighted by Crippen LogP contribution is 2.25. The first-order chi connectivity index (χ1) is 9.60.